The van der Waals surface area contributed by atoms with Gasteiger partial charge in [0.15, 0.2) is 5.78 Å². The van der Waals surface area contributed by atoms with Crippen LogP contribution in [0.1, 0.15) is 23.7 Å². The van der Waals surface area contributed by atoms with Gasteiger partial charge in [-0.3, -0.25) is 14.4 Å². The number of carbonyl (C=O) groups excluding carboxylic acids is 3. The Bertz CT molecular complexity index is 832. The van der Waals surface area contributed by atoms with Crippen molar-refractivity contribution in [3.05, 3.63) is 71.3 Å². The molecular weight excluding hydrogens is 340 g/mol. The van der Waals surface area contributed by atoms with Crippen LogP contribution < -0.4 is 10.6 Å². The fraction of sp³-hybridized carbons (Fsp3) is 0.105. The molecule has 0 radical (unpaired) electrons. The summed E-state index contributed by atoms with van der Waals surface area (Å²) in [6, 6.07) is 13.4. The van der Waals surface area contributed by atoms with Gasteiger partial charge in [-0.1, -0.05) is 36.4 Å². The summed E-state index contributed by atoms with van der Waals surface area (Å²) in [5.41, 5.74) is 1.64. The highest BCUT2D eigenvalue weighted by Crippen LogP contribution is 2.23. The minimum atomic E-state index is -0.424. The van der Waals surface area contributed by atoms with Crippen LogP contribution in [-0.4, -0.2) is 17.6 Å². The van der Waals surface area contributed by atoms with Crippen LogP contribution in [0.2, 0.25) is 5.02 Å². The third-order valence-electron chi connectivity index (χ3n) is 3.29. The zero-order chi connectivity index (χ0) is 18.4. The largest absolute Gasteiger partial charge is 0.326 e. The van der Waals surface area contributed by atoms with Gasteiger partial charge in [0.25, 0.3) is 5.91 Å². The molecule has 0 saturated heterocycles. The lowest BCUT2D eigenvalue weighted by atomic mass is 10.1. The van der Waals surface area contributed by atoms with Crippen LogP contribution in [-0.2, 0) is 9.59 Å². The Morgan fingerprint density at radius 3 is 2.28 bits per heavy atom. The Hall–Kier alpha value is -2.92. The second kappa shape index (κ2) is 8.26. The van der Waals surface area contributed by atoms with E-state index in [0.29, 0.717) is 16.9 Å². The van der Waals surface area contributed by atoms with Crippen LogP contribution in [0.5, 0.6) is 0 Å². The summed E-state index contributed by atoms with van der Waals surface area (Å²) in [5.74, 6) is -1.17. The molecule has 2 aromatic rings. The zero-order valence-corrected chi connectivity index (χ0v) is 14.4. The van der Waals surface area contributed by atoms with Crippen molar-refractivity contribution in [1.82, 2.24) is 0 Å². The SMILES string of the molecule is C=C(C)C(=O)Nc1ccc(C(=O)CC(=O)Nc2ccccc2)c(Cl)c1. The van der Waals surface area contributed by atoms with E-state index in [4.69, 9.17) is 11.6 Å². The van der Waals surface area contributed by atoms with E-state index in [0.717, 1.165) is 0 Å². The third-order valence-corrected chi connectivity index (χ3v) is 3.61. The van der Waals surface area contributed by atoms with E-state index in [1.165, 1.54) is 12.1 Å². The number of para-hydroxylation sites is 1. The maximum Gasteiger partial charge on any atom is 0.250 e. The Morgan fingerprint density at radius 1 is 1.00 bits per heavy atom. The molecule has 128 valence electrons. The molecule has 0 heterocycles. The second-order valence-corrected chi connectivity index (χ2v) is 5.85. The Kier molecular flexibility index (Phi) is 6.08. The Labute approximate surface area is 150 Å². The van der Waals surface area contributed by atoms with Crippen LogP contribution in [0.3, 0.4) is 0 Å². The lowest BCUT2D eigenvalue weighted by molar-refractivity contribution is -0.115. The lowest BCUT2D eigenvalue weighted by Crippen LogP contribution is -2.17. The van der Waals surface area contributed by atoms with E-state index in [-0.39, 0.29) is 22.9 Å². The van der Waals surface area contributed by atoms with Crippen molar-refractivity contribution in [1.29, 1.82) is 0 Å². The molecule has 0 atom stereocenters. The van der Waals surface area contributed by atoms with Gasteiger partial charge in [0.2, 0.25) is 5.91 Å². The highest BCUT2D eigenvalue weighted by atomic mass is 35.5. The van der Waals surface area contributed by atoms with Crippen LogP contribution in [0, 0.1) is 0 Å². The van der Waals surface area contributed by atoms with Crippen molar-refractivity contribution < 1.29 is 14.4 Å². The van der Waals surface area contributed by atoms with E-state index in [9.17, 15) is 14.4 Å². The molecule has 2 N–H and O–H groups in total. The first-order valence-corrected chi connectivity index (χ1v) is 7.89. The number of nitrogens with one attached hydrogen (secondary N) is 2. The minimum Gasteiger partial charge on any atom is -0.326 e. The van der Waals surface area contributed by atoms with Gasteiger partial charge in [0.1, 0.15) is 0 Å². The summed E-state index contributed by atoms with van der Waals surface area (Å²) >= 11 is 6.10. The van der Waals surface area contributed by atoms with Crippen molar-refractivity contribution in [3.8, 4) is 0 Å². The third kappa shape index (κ3) is 5.29. The predicted molar refractivity (Wildman–Crippen MR) is 98.9 cm³/mol. The number of hydrogen-bond donors (Lipinski definition) is 2. The molecule has 0 spiro atoms. The molecule has 0 aliphatic rings. The van der Waals surface area contributed by atoms with Gasteiger partial charge >= 0.3 is 0 Å². The fourth-order valence-electron chi connectivity index (χ4n) is 2.02. The molecule has 0 unspecified atom stereocenters. The molecule has 5 nitrogen and oxygen atoms in total. The average Bonchev–Trinajstić information content (AvgIpc) is 2.55. The van der Waals surface area contributed by atoms with E-state index in [1.54, 1.807) is 37.3 Å². The van der Waals surface area contributed by atoms with E-state index in [2.05, 4.69) is 17.2 Å². The van der Waals surface area contributed by atoms with E-state index in [1.807, 2.05) is 6.07 Å². The van der Waals surface area contributed by atoms with Crippen molar-refractivity contribution in [2.24, 2.45) is 0 Å². The van der Waals surface area contributed by atoms with Crippen LogP contribution in [0.4, 0.5) is 11.4 Å². The molecule has 2 amide bonds. The molecule has 25 heavy (non-hydrogen) atoms. The minimum absolute atomic E-state index is 0.164. The summed E-state index contributed by atoms with van der Waals surface area (Å²) < 4.78 is 0. The number of amides is 2. The summed E-state index contributed by atoms with van der Waals surface area (Å²) in [6.07, 6.45) is -0.327. The Balaban J connectivity index is 2.03. The quantitative estimate of drug-likeness (QED) is 0.465. The van der Waals surface area contributed by atoms with Crippen molar-refractivity contribution in [3.63, 3.8) is 0 Å². The molecule has 0 fully saturated rings. The second-order valence-electron chi connectivity index (χ2n) is 5.44. The van der Waals surface area contributed by atoms with Crippen LogP contribution in [0.25, 0.3) is 0 Å². The number of ketones is 1. The van der Waals surface area contributed by atoms with Gasteiger partial charge in [-0.25, -0.2) is 0 Å². The molecule has 0 bridgehead atoms. The standard InChI is InChI=1S/C19H17ClN2O3/c1-12(2)19(25)22-14-8-9-15(16(20)10-14)17(23)11-18(24)21-13-6-4-3-5-7-13/h3-10H,1,11H2,2H3,(H,21,24)(H,22,25). The smallest absolute Gasteiger partial charge is 0.250 e. The van der Waals surface area contributed by atoms with Crippen molar-refractivity contribution in [2.45, 2.75) is 13.3 Å². The summed E-state index contributed by atoms with van der Waals surface area (Å²) in [5, 5.41) is 5.41. The molecule has 2 aromatic carbocycles. The molecule has 0 aliphatic carbocycles. The monoisotopic (exact) mass is 356 g/mol. The van der Waals surface area contributed by atoms with Gasteiger partial charge in [0.05, 0.1) is 11.4 Å². The average molecular weight is 357 g/mol. The zero-order valence-electron chi connectivity index (χ0n) is 13.6. The first kappa shape index (κ1) is 18.4. The topological polar surface area (TPSA) is 75.3 Å². The van der Waals surface area contributed by atoms with Gasteiger partial charge < -0.3 is 10.6 Å². The predicted octanol–water partition coefficient (Wildman–Crippen LogP) is 4.07. The van der Waals surface area contributed by atoms with Crippen molar-refractivity contribution in [2.75, 3.05) is 10.6 Å². The van der Waals surface area contributed by atoms with Crippen LogP contribution in [0.15, 0.2) is 60.7 Å². The van der Waals surface area contributed by atoms with Gasteiger partial charge in [-0.15, -0.1) is 0 Å². The highest BCUT2D eigenvalue weighted by Gasteiger charge is 2.16. The summed E-state index contributed by atoms with van der Waals surface area (Å²) in [6.45, 7) is 5.13. The normalized spacial score (nSPS) is 10.0. The summed E-state index contributed by atoms with van der Waals surface area (Å²) in [4.78, 5) is 35.8. The maximum absolute atomic E-state index is 12.3. The summed E-state index contributed by atoms with van der Waals surface area (Å²) in [7, 11) is 0. The molecular formula is C19H17ClN2O3. The molecule has 0 aromatic heterocycles. The van der Waals surface area contributed by atoms with Crippen molar-refractivity contribution >= 4 is 40.6 Å². The highest BCUT2D eigenvalue weighted by molar-refractivity contribution is 6.35. The van der Waals surface area contributed by atoms with E-state index < -0.39 is 11.7 Å². The number of anilines is 2. The van der Waals surface area contributed by atoms with Crippen LogP contribution >= 0.6 is 11.6 Å². The lowest BCUT2D eigenvalue weighted by Gasteiger charge is -2.09. The van der Waals surface area contributed by atoms with Gasteiger partial charge in [0, 0.05) is 22.5 Å². The molecule has 6 heteroatoms. The first-order valence-electron chi connectivity index (χ1n) is 7.51. The number of rotatable bonds is 6. The Morgan fingerprint density at radius 2 is 1.68 bits per heavy atom. The molecule has 0 saturated carbocycles. The number of halogens is 1. The van der Waals surface area contributed by atoms with E-state index >= 15 is 0 Å². The molecule has 2 rings (SSSR count). The maximum atomic E-state index is 12.3. The van der Waals surface area contributed by atoms with Gasteiger partial charge in [-0.05, 0) is 37.3 Å². The number of hydrogen-bond acceptors (Lipinski definition) is 3. The fourth-order valence-corrected chi connectivity index (χ4v) is 2.31. The first-order chi connectivity index (χ1) is 11.9. The number of benzene rings is 2. The molecule has 0 aliphatic heterocycles. The number of Topliss-reactive ketones (excluding diaryl/α,β-unsaturated/α-hetero) is 1. The van der Waals surface area contributed by atoms with Gasteiger partial charge in [-0.2, -0.15) is 0 Å². The number of carbonyl (C=O) groups is 3.